The molecule has 0 radical (unpaired) electrons. The highest BCUT2D eigenvalue weighted by atomic mass is 79.9. The Balaban J connectivity index is 1.88. The number of aromatic nitrogens is 2. The highest BCUT2D eigenvalue weighted by Gasteiger charge is 2.15. The quantitative estimate of drug-likeness (QED) is 0.766. The first-order valence-corrected chi connectivity index (χ1v) is 7.20. The van der Waals surface area contributed by atoms with Crippen molar-refractivity contribution >= 4 is 27.5 Å². The maximum Gasteiger partial charge on any atom is 0.259 e. The number of hydrogen-bond donors (Lipinski definition) is 1. The number of benzene rings is 1. The monoisotopic (exact) mass is 363 g/mol. The number of nitrogens with zero attached hydrogens (tertiary/aromatic N) is 2. The fourth-order valence-electron chi connectivity index (χ4n) is 2.02. The van der Waals surface area contributed by atoms with E-state index in [0.29, 0.717) is 27.3 Å². The Bertz CT molecular complexity index is 841. The molecule has 0 unspecified atom stereocenters. The predicted octanol–water partition coefficient (Wildman–Crippen LogP) is 3.93. The molecule has 3 aromatic rings. The molecule has 5 nitrogen and oxygen atoms in total. The van der Waals surface area contributed by atoms with Gasteiger partial charge in [-0.2, -0.15) is 5.10 Å². The average molecular weight is 364 g/mol. The van der Waals surface area contributed by atoms with E-state index in [0.717, 1.165) is 0 Å². The molecule has 0 atom stereocenters. The molecule has 112 valence electrons. The van der Waals surface area contributed by atoms with Gasteiger partial charge in [0.2, 0.25) is 0 Å². The SMILES string of the molecule is Cc1c(NC(=O)c2coc(Br)c2)cnn1-c1ccccc1F. The molecule has 0 aliphatic heterocycles. The summed E-state index contributed by atoms with van der Waals surface area (Å²) in [6.07, 6.45) is 2.82. The molecule has 0 aliphatic rings. The number of amides is 1. The lowest BCUT2D eigenvalue weighted by Gasteiger charge is -2.07. The van der Waals surface area contributed by atoms with Gasteiger partial charge in [0.15, 0.2) is 4.67 Å². The van der Waals surface area contributed by atoms with Crippen LogP contribution in [-0.4, -0.2) is 15.7 Å². The Labute approximate surface area is 133 Å². The average Bonchev–Trinajstić information content (AvgIpc) is 3.07. The number of carbonyl (C=O) groups excluding carboxylic acids is 1. The molecule has 0 spiro atoms. The number of hydrogen-bond acceptors (Lipinski definition) is 3. The van der Waals surface area contributed by atoms with Crippen LogP contribution in [0.2, 0.25) is 0 Å². The summed E-state index contributed by atoms with van der Waals surface area (Å²) in [5.74, 6) is -0.712. The number of halogens is 2. The molecule has 0 bridgehead atoms. The Morgan fingerprint density at radius 3 is 2.86 bits per heavy atom. The number of rotatable bonds is 3. The van der Waals surface area contributed by atoms with Gasteiger partial charge in [0, 0.05) is 6.07 Å². The van der Waals surface area contributed by atoms with Crippen LogP contribution in [0.5, 0.6) is 0 Å². The van der Waals surface area contributed by atoms with Gasteiger partial charge in [0.05, 0.1) is 23.1 Å². The van der Waals surface area contributed by atoms with Crippen LogP contribution in [0.1, 0.15) is 16.1 Å². The van der Waals surface area contributed by atoms with Crippen LogP contribution in [0.25, 0.3) is 5.69 Å². The van der Waals surface area contributed by atoms with Crippen LogP contribution in [0.15, 0.2) is 51.9 Å². The molecule has 1 aromatic carbocycles. The summed E-state index contributed by atoms with van der Waals surface area (Å²) < 4.78 is 20.8. The first-order valence-electron chi connectivity index (χ1n) is 6.41. The van der Waals surface area contributed by atoms with E-state index < -0.39 is 0 Å². The highest BCUT2D eigenvalue weighted by Crippen LogP contribution is 2.21. The maximum absolute atomic E-state index is 13.8. The number of anilines is 1. The Kier molecular flexibility index (Phi) is 3.81. The lowest BCUT2D eigenvalue weighted by atomic mass is 10.3. The van der Waals surface area contributed by atoms with Crippen molar-refractivity contribution in [2.75, 3.05) is 5.32 Å². The third-order valence-corrected chi connectivity index (χ3v) is 3.58. The summed E-state index contributed by atoms with van der Waals surface area (Å²) in [4.78, 5) is 12.1. The third kappa shape index (κ3) is 2.67. The molecule has 22 heavy (non-hydrogen) atoms. The first kappa shape index (κ1) is 14.5. The zero-order chi connectivity index (χ0) is 15.7. The Hall–Kier alpha value is -2.41. The Morgan fingerprint density at radius 1 is 1.41 bits per heavy atom. The molecule has 3 rings (SSSR count). The number of carbonyl (C=O) groups is 1. The zero-order valence-electron chi connectivity index (χ0n) is 11.5. The smallest absolute Gasteiger partial charge is 0.259 e. The molecule has 0 fully saturated rings. The fourth-order valence-corrected chi connectivity index (χ4v) is 2.36. The zero-order valence-corrected chi connectivity index (χ0v) is 13.1. The summed E-state index contributed by atoms with van der Waals surface area (Å²) in [7, 11) is 0. The van der Waals surface area contributed by atoms with Gasteiger partial charge in [-0.15, -0.1) is 0 Å². The fraction of sp³-hybridized carbons (Fsp3) is 0.0667. The highest BCUT2D eigenvalue weighted by molar-refractivity contribution is 9.10. The second-order valence-corrected chi connectivity index (χ2v) is 5.38. The van der Waals surface area contributed by atoms with Crippen molar-refractivity contribution < 1.29 is 13.6 Å². The van der Waals surface area contributed by atoms with E-state index in [4.69, 9.17) is 4.42 Å². The van der Waals surface area contributed by atoms with Crippen molar-refractivity contribution in [2.24, 2.45) is 0 Å². The predicted molar refractivity (Wildman–Crippen MR) is 82.6 cm³/mol. The molecular formula is C15H11BrFN3O2. The van der Waals surface area contributed by atoms with E-state index in [-0.39, 0.29) is 11.7 Å². The number of para-hydroxylation sites is 1. The summed E-state index contributed by atoms with van der Waals surface area (Å²) >= 11 is 3.14. The van der Waals surface area contributed by atoms with Crippen LogP contribution < -0.4 is 5.32 Å². The molecule has 1 N–H and O–H groups in total. The van der Waals surface area contributed by atoms with Gasteiger partial charge in [-0.05, 0) is 35.0 Å². The van der Waals surface area contributed by atoms with E-state index in [1.54, 1.807) is 31.2 Å². The molecule has 2 heterocycles. The van der Waals surface area contributed by atoms with Crippen molar-refractivity contribution in [2.45, 2.75) is 6.92 Å². The van der Waals surface area contributed by atoms with Gasteiger partial charge in [-0.1, -0.05) is 12.1 Å². The third-order valence-electron chi connectivity index (χ3n) is 3.17. The minimum atomic E-state index is -0.384. The number of furan rings is 1. The minimum absolute atomic E-state index is 0.326. The molecule has 0 aliphatic carbocycles. The van der Waals surface area contributed by atoms with Crippen LogP contribution in [0, 0.1) is 12.7 Å². The van der Waals surface area contributed by atoms with Crippen LogP contribution in [0.4, 0.5) is 10.1 Å². The van der Waals surface area contributed by atoms with Crippen LogP contribution in [0.3, 0.4) is 0 Å². The van der Waals surface area contributed by atoms with E-state index in [1.807, 2.05) is 0 Å². The van der Waals surface area contributed by atoms with Gasteiger partial charge in [-0.3, -0.25) is 4.79 Å². The second kappa shape index (κ2) is 5.76. The normalized spacial score (nSPS) is 10.7. The molecule has 0 saturated carbocycles. The van der Waals surface area contributed by atoms with E-state index >= 15 is 0 Å². The van der Waals surface area contributed by atoms with E-state index in [2.05, 4.69) is 26.3 Å². The van der Waals surface area contributed by atoms with Gasteiger partial charge in [0.25, 0.3) is 5.91 Å². The lowest BCUT2D eigenvalue weighted by Crippen LogP contribution is -2.11. The van der Waals surface area contributed by atoms with Crippen molar-refractivity contribution in [3.8, 4) is 5.69 Å². The van der Waals surface area contributed by atoms with Gasteiger partial charge in [0.1, 0.15) is 17.8 Å². The molecular weight excluding hydrogens is 353 g/mol. The largest absolute Gasteiger partial charge is 0.457 e. The van der Waals surface area contributed by atoms with E-state index in [9.17, 15) is 9.18 Å². The molecule has 7 heteroatoms. The van der Waals surface area contributed by atoms with Crippen molar-refractivity contribution in [1.29, 1.82) is 0 Å². The van der Waals surface area contributed by atoms with Gasteiger partial charge < -0.3 is 9.73 Å². The number of nitrogens with one attached hydrogen (secondary N) is 1. The van der Waals surface area contributed by atoms with Crippen LogP contribution >= 0.6 is 15.9 Å². The van der Waals surface area contributed by atoms with Crippen molar-refractivity contribution in [1.82, 2.24) is 9.78 Å². The standard InChI is InChI=1S/C15H11BrFN3O2/c1-9-12(19-15(21)10-6-14(16)22-8-10)7-18-20(9)13-5-3-2-4-11(13)17/h2-8H,1H3,(H,19,21). The van der Waals surface area contributed by atoms with Crippen LogP contribution in [-0.2, 0) is 0 Å². The summed E-state index contributed by atoms with van der Waals surface area (Å²) in [5.41, 5.74) is 1.84. The van der Waals surface area contributed by atoms with Crippen molar-refractivity contribution in [3.63, 3.8) is 0 Å². The van der Waals surface area contributed by atoms with Gasteiger partial charge in [-0.25, -0.2) is 9.07 Å². The lowest BCUT2D eigenvalue weighted by molar-refractivity contribution is 0.102. The molecule has 1 amide bonds. The molecule has 0 saturated heterocycles. The second-order valence-electron chi connectivity index (χ2n) is 4.60. The van der Waals surface area contributed by atoms with Crippen molar-refractivity contribution in [3.05, 3.63) is 64.5 Å². The molecule has 2 aromatic heterocycles. The summed E-state index contributed by atoms with van der Waals surface area (Å²) in [6.45, 7) is 1.75. The first-order chi connectivity index (χ1) is 10.6. The van der Waals surface area contributed by atoms with E-state index in [1.165, 1.54) is 23.2 Å². The minimum Gasteiger partial charge on any atom is -0.457 e. The van der Waals surface area contributed by atoms with Gasteiger partial charge >= 0.3 is 0 Å². The Morgan fingerprint density at radius 2 is 2.18 bits per heavy atom. The summed E-state index contributed by atoms with van der Waals surface area (Å²) in [6, 6.07) is 7.87. The maximum atomic E-state index is 13.8. The summed E-state index contributed by atoms with van der Waals surface area (Å²) in [5, 5.41) is 6.85. The topological polar surface area (TPSA) is 60.1 Å².